The summed E-state index contributed by atoms with van der Waals surface area (Å²) in [5.74, 6) is 0.0509. The van der Waals surface area contributed by atoms with Crippen LogP contribution in [0, 0.1) is 11.7 Å². The fourth-order valence-electron chi connectivity index (χ4n) is 3.28. The molecule has 2 saturated heterocycles. The Balaban J connectivity index is 1.77. The zero-order valence-electron chi connectivity index (χ0n) is 11.3. The van der Waals surface area contributed by atoms with Crippen molar-refractivity contribution in [1.82, 2.24) is 0 Å². The molecule has 2 aliphatic heterocycles. The van der Waals surface area contributed by atoms with Crippen molar-refractivity contribution >= 4 is 15.9 Å². The second-order valence-electron chi connectivity index (χ2n) is 5.82. The van der Waals surface area contributed by atoms with Crippen molar-refractivity contribution in [2.24, 2.45) is 11.7 Å². The summed E-state index contributed by atoms with van der Waals surface area (Å²) in [7, 11) is 0. The minimum atomic E-state index is -0.254. The summed E-state index contributed by atoms with van der Waals surface area (Å²) < 4.78 is 25.7. The quantitative estimate of drug-likeness (QED) is 0.896. The van der Waals surface area contributed by atoms with E-state index in [0.717, 1.165) is 35.9 Å². The summed E-state index contributed by atoms with van der Waals surface area (Å²) in [5.41, 5.74) is 7.06. The standard InChI is InChI=1S/C15H19BrFNO2/c16-12-5-11(6-13(17)7-12)14(18)10-1-3-20-15(8-10)2-4-19-9-15/h5-7,10,14H,1-4,8-9,18H2. The third-order valence-electron chi connectivity index (χ3n) is 4.38. The number of rotatable bonds is 2. The van der Waals surface area contributed by atoms with Crippen LogP contribution in [0.25, 0.3) is 0 Å². The highest BCUT2D eigenvalue weighted by Gasteiger charge is 2.42. The maximum Gasteiger partial charge on any atom is 0.124 e. The molecule has 3 unspecified atom stereocenters. The summed E-state index contributed by atoms with van der Waals surface area (Å²) >= 11 is 3.32. The van der Waals surface area contributed by atoms with E-state index in [1.54, 1.807) is 0 Å². The molecule has 0 bridgehead atoms. The number of ether oxygens (including phenoxy) is 2. The van der Waals surface area contributed by atoms with Gasteiger partial charge in [0.2, 0.25) is 0 Å². The van der Waals surface area contributed by atoms with Crippen molar-refractivity contribution < 1.29 is 13.9 Å². The molecule has 20 heavy (non-hydrogen) atoms. The van der Waals surface area contributed by atoms with Crippen LogP contribution in [-0.4, -0.2) is 25.4 Å². The molecule has 0 radical (unpaired) electrons. The van der Waals surface area contributed by atoms with Gasteiger partial charge in [0.15, 0.2) is 0 Å². The summed E-state index contributed by atoms with van der Waals surface area (Å²) in [4.78, 5) is 0. The molecule has 2 heterocycles. The Labute approximate surface area is 126 Å². The topological polar surface area (TPSA) is 44.5 Å². The molecule has 3 nitrogen and oxygen atoms in total. The molecular formula is C15H19BrFNO2. The van der Waals surface area contributed by atoms with Crippen molar-refractivity contribution in [2.75, 3.05) is 19.8 Å². The molecule has 0 aliphatic carbocycles. The molecule has 1 aromatic carbocycles. The van der Waals surface area contributed by atoms with Crippen LogP contribution in [0.15, 0.2) is 22.7 Å². The van der Waals surface area contributed by atoms with E-state index < -0.39 is 0 Å². The second-order valence-corrected chi connectivity index (χ2v) is 6.73. The maximum absolute atomic E-state index is 13.5. The molecule has 2 aliphatic rings. The minimum absolute atomic E-state index is 0.162. The first-order chi connectivity index (χ1) is 9.58. The third kappa shape index (κ3) is 2.91. The molecule has 1 aromatic rings. The van der Waals surface area contributed by atoms with Gasteiger partial charge in [-0.25, -0.2) is 4.39 Å². The van der Waals surface area contributed by atoms with Gasteiger partial charge in [0.25, 0.3) is 0 Å². The first-order valence-electron chi connectivity index (χ1n) is 7.01. The van der Waals surface area contributed by atoms with E-state index in [1.165, 1.54) is 12.1 Å². The molecular weight excluding hydrogens is 325 g/mol. The van der Waals surface area contributed by atoms with Gasteiger partial charge in [-0.3, -0.25) is 0 Å². The monoisotopic (exact) mass is 343 g/mol. The Morgan fingerprint density at radius 2 is 2.20 bits per heavy atom. The molecule has 5 heteroatoms. The summed E-state index contributed by atoms with van der Waals surface area (Å²) in [5, 5.41) is 0. The number of hydrogen-bond donors (Lipinski definition) is 1. The van der Waals surface area contributed by atoms with Gasteiger partial charge in [0.1, 0.15) is 5.82 Å². The van der Waals surface area contributed by atoms with Crippen LogP contribution < -0.4 is 5.73 Å². The van der Waals surface area contributed by atoms with Crippen molar-refractivity contribution in [3.8, 4) is 0 Å². The lowest BCUT2D eigenvalue weighted by atomic mass is 9.79. The largest absolute Gasteiger partial charge is 0.378 e. The van der Waals surface area contributed by atoms with E-state index in [0.29, 0.717) is 19.1 Å². The number of halogens is 2. The second kappa shape index (κ2) is 5.72. The smallest absolute Gasteiger partial charge is 0.124 e. The number of benzene rings is 1. The molecule has 0 amide bonds. The van der Waals surface area contributed by atoms with Gasteiger partial charge in [-0.2, -0.15) is 0 Å². The van der Waals surface area contributed by atoms with E-state index in [1.807, 2.05) is 6.07 Å². The normalized spacial score (nSPS) is 31.6. The van der Waals surface area contributed by atoms with Gasteiger partial charge in [-0.05, 0) is 42.5 Å². The van der Waals surface area contributed by atoms with Gasteiger partial charge >= 0.3 is 0 Å². The molecule has 3 atom stereocenters. The van der Waals surface area contributed by atoms with E-state index in [4.69, 9.17) is 15.2 Å². The highest BCUT2D eigenvalue weighted by Crippen LogP contribution is 2.40. The SMILES string of the molecule is NC(c1cc(F)cc(Br)c1)C1CCOC2(CCOC2)C1. The van der Waals surface area contributed by atoms with E-state index in [9.17, 15) is 4.39 Å². The fourth-order valence-corrected chi connectivity index (χ4v) is 3.76. The van der Waals surface area contributed by atoms with Gasteiger partial charge in [0.05, 0.1) is 12.2 Å². The number of nitrogens with two attached hydrogens (primary N) is 1. The lowest BCUT2D eigenvalue weighted by molar-refractivity contribution is -0.101. The van der Waals surface area contributed by atoms with Gasteiger partial charge in [-0.1, -0.05) is 15.9 Å². The van der Waals surface area contributed by atoms with Crippen LogP contribution in [-0.2, 0) is 9.47 Å². The Bertz CT molecular complexity index is 471. The molecule has 0 aromatic heterocycles. The zero-order valence-corrected chi connectivity index (χ0v) is 12.9. The summed E-state index contributed by atoms with van der Waals surface area (Å²) in [6.45, 7) is 2.12. The minimum Gasteiger partial charge on any atom is -0.378 e. The number of hydrogen-bond acceptors (Lipinski definition) is 3. The van der Waals surface area contributed by atoms with E-state index in [-0.39, 0.29) is 17.5 Å². The van der Waals surface area contributed by atoms with E-state index in [2.05, 4.69) is 15.9 Å². The van der Waals surface area contributed by atoms with Gasteiger partial charge < -0.3 is 15.2 Å². The predicted octanol–water partition coefficient (Wildman–Crippen LogP) is 3.17. The molecule has 0 saturated carbocycles. The van der Waals surface area contributed by atoms with Crippen LogP contribution in [0.3, 0.4) is 0 Å². The Morgan fingerprint density at radius 3 is 2.90 bits per heavy atom. The van der Waals surface area contributed by atoms with Crippen LogP contribution in [0.1, 0.15) is 30.9 Å². The van der Waals surface area contributed by atoms with Crippen LogP contribution in [0.4, 0.5) is 4.39 Å². The summed E-state index contributed by atoms with van der Waals surface area (Å²) in [6, 6.07) is 4.72. The van der Waals surface area contributed by atoms with E-state index >= 15 is 0 Å². The molecule has 2 N–H and O–H groups in total. The first-order valence-corrected chi connectivity index (χ1v) is 7.81. The summed E-state index contributed by atoms with van der Waals surface area (Å²) in [6.07, 6.45) is 2.74. The predicted molar refractivity (Wildman–Crippen MR) is 77.9 cm³/mol. The lowest BCUT2D eigenvalue weighted by Gasteiger charge is -2.39. The lowest BCUT2D eigenvalue weighted by Crippen LogP contribution is -2.43. The van der Waals surface area contributed by atoms with Crippen LogP contribution >= 0.6 is 15.9 Å². The van der Waals surface area contributed by atoms with Crippen molar-refractivity contribution in [1.29, 1.82) is 0 Å². The van der Waals surface area contributed by atoms with Crippen LogP contribution in [0.2, 0.25) is 0 Å². The molecule has 2 fully saturated rings. The van der Waals surface area contributed by atoms with Crippen molar-refractivity contribution in [2.45, 2.75) is 30.9 Å². The molecule has 110 valence electrons. The maximum atomic E-state index is 13.5. The fraction of sp³-hybridized carbons (Fsp3) is 0.600. The average Bonchev–Trinajstić information content (AvgIpc) is 2.85. The van der Waals surface area contributed by atoms with Gasteiger partial charge in [0, 0.05) is 30.1 Å². The van der Waals surface area contributed by atoms with Crippen molar-refractivity contribution in [3.63, 3.8) is 0 Å². The highest BCUT2D eigenvalue weighted by atomic mass is 79.9. The van der Waals surface area contributed by atoms with Gasteiger partial charge in [-0.15, -0.1) is 0 Å². The first kappa shape index (κ1) is 14.4. The highest BCUT2D eigenvalue weighted by molar-refractivity contribution is 9.10. The Morgan fingerprint density at radius 1 is 1.35 bits per heavy atom. The third-order valence-corrected chi connectivity index (χ3v) is 4.83. The molecule has 3 rings (SSSR count). The Hall–Kier alpha value is -0.490. The van der Waals surface area contributed by atoms with Crippen molar-refractivity contribution in [3.05, 3.63) is 34.1 Å². The molecule has 1 spiro atoms. The van der Waals surface area contributed by atoms with Crippen LogP contribution in [0.5, 0.6) is 0 Å². The Kier molecular flexibility index (Phi) is 4.13. The average molecular weight is 344 g/mol. The zero-order chi connectivity index (χ0) is 14.2.